The molecule has 0 fully saturated rings. The Morgan fingerprint density at radius 2 is 1.95 bits per heavy atom. The minimum Gasteiger partial charge on any atom is -0.351 e. The van der Waals surface area contributed by atoms with E-state index in [1.54, 1.807) is 0 Å². The van der Waals surface area contributed by atoms with Crippen LogP contribution in [0.5, 0.6) is 0 Å². The zero-order valence-electron chi connectivity index (χ0n) is 12.7. The predicted octanol–water partition coefficient (Wildman–Crippen LogP) is 2.66. The quantitative estimate of drug-likeness (QED) is 0.749. The molecule has 1 aromatic carbocycles. The SMILES string of the molecule is CC(C)COSc1ccc(C(=O)NCCN(C)C)cc1. The topological polar surface area (TPSA) is 41.6 Å². The number of carbonyl (C=O) groups is 1. The number of hydrogen-bond acceptors (Lipinski definition) is 4. The average Bonchev–Trinajstić information content (AvgIpc) is 2.38. The van der Waals surface area contributed by atoms with Gasteiger partial charge in [-0.2, -0.15) is 0 Å². The molecular formula is C15H24N2O2S. The number of carbonyl (C=O) groups excluding carboxylic acids is 1. The number of hydrogen-bond donors (Lipinski definition) is 1. The lowest BCUT2D eigenvalue weighted by Gasteiger charge is -2.10. The number of benzene rings is 1. The summed E-state index contributed by atoms with van der Waals surface area (Å²) in [6, 6.07) is 7.47. The van der Waals surface area contributed by atoms with Gasteiger partial charge in [0.25, 0.3) is 5.91 Å². The van der Waals surface area contributed by atoms with Crippen molar-refractivity contribution in [3.05, 3.63) is 29.8 Å². The first-order valence-corrected chi connectivity index (χ1v) is 7.55. The molecule has 1 rings (SSSR count). The third-order valence-corrected chi connectivity index (χ3v) is 3.24. The number of nitrogens with one attached hydrogen (secondary N) is 1. The largest absolute Gasteiger partial charge is 0.351 e. The molecule has 20 heavy (non-hydrogen) atoms. The minimum atomic E-state index is -0.0356. The third kappa shape index (κ3) is 6.93. The normalized spacial score (nSPS) is 11.1. The zero-order valence-corrected chi connectivity index (χ0v) is 13.5. The van der Waals surface area contributed by atoms with Gasteiger partial charge in [0.2, 0.25) is 0 Å². The van der Waals surface area contributed by atoms with Gasteiger partial charge in [-0.1, -0.05) is 13.8 Å². The number of amides is 1. The molecule has 1 N–H and O–H groups in total. The van der Waals surface area contributed by atoms with Crippen LogP contribution in [0.4, 0.5) is 0 Å². The molecule has 0 saturated carbocycles. The average molecular weight is 296 g/mol. The maximum absolute atomic E-state index is 11.9. The lowest BCUT2D eigenvalue weighted by atomic mass is 10.2. The Kier molecular flexibility index (Phi) is 7.65. The van der Waals surface area contributed by atoms with Crippen molar-refractivity contribution in [2.24, 2.45) is 5.92 Å². The summed E-state index contributed by atoms with van der Waals surface area (Å²) in [6.07, 6.45) is 0. The molecule has 112 valence electrons. The summed E-state index contributed by atoms with van der Waals surface area (Å²) < 4.78 is 5.48. The molecular weight excluding hydrogens is 272 g/mol. The summed E-state index contributed by atoms with van der Waals surface area (Å²) in [5.41, 5.74) is 0.678. The van der Waals surface area contributed by atoms with Gasteiger partial charge in [-0.3, -0.25) is 4.79 Å². The van der Waals surface area contributed by atoms with Crippen LogP contribution >= 0.6 is 12.0 Å². The van der Waals surface area contributed by atoms with E-state index in [0.717, 1.165) is 18.0 Å². The van der Waals surface area contributed by atoms with Crippen LogP contribution < -0.4 is 5.32 Å². The maximum atomic E-state index is 11.9. The highest BCUT2D eigenvalue weighted by molar-refractivity contribution is 7.94. The molecule has 0 aliphatic carbocycles. The fraction of sp³-hybridized carbons (Fsp3) is 0.533. The number of rotatable bonds is 8. The lowest BCUT2D eigenvalue weighted by Crippen LogP contribution is -2.31. The lowest BCUT2D eigenvalue weighted by molar-refractivity contribution is 0.0951. The van der Waals surface area contributed by atoms with E-state index in [0.29, 0.717) is 18.0 Å². The first-order chi connectivity index (χ1) is 9.49. The van der Waals surface area contributed by atoms with Crippen molar-refractivity contribution < 1.29 is 8.98 Å². The summed E-state index contributed by atoms with van der Waals surface area (Å²) in [5, 5.41) is 2.89. The van der Waals surface area contributed by atoms with Crippen molar-refractivity contribution in [2.45, 2.75) is 18.7 Å². The van der Waals surface area contributed by atoms with Crippen molar-refractivity contribution in [3.63, 3.8) is 0 Å². The highest BCUT2D eigenvalue weighted by Crippen LogP contribution is 2.20. The van der Waals surface area contributed by atoms with E-state index in [4.69, 9.17) is 4.18 Å². The van der Waals surface area contributed by atoms with Crippen LogP contribution in [0, 0.1) is 5.92 Å². The monoisotopic (exact) mass is 296 g/mol. The van der Waals surface area contributed by atoms with E-state index in [9.17, 15) is 4.79 Å². The van der Waals surface area contributed by atoms with E-state index in [1.807, 2.05) is 43.3 Å². The second-order valence-corrected chi connectivity index (χ2v) is 6.22. The zero-order chi connectivity index (χ0) is 15.0. The van der Waals surface area contributed by atoms with Crippen LogP contribution in [0.2, 0.25) is 0 Å². The summed E-state index contributed by atoms with van der Waals surface area (Å²) in [5.74, 6) is 0.482. The van der Waals surface area contributed by atoms with Gasteiger partial charge in [-0.05, 0) is 44.3 Å². The highest BCUT2D eigenvalue weighted by Gasteiger charge is 2.05. The van der Waals surface area contributed by atoms with Crippen molar-refractivity contribution in [1.29, 1.82) is 0 Å². The van der Waals surface area contributed by atoms with E-state index < -0.39 is 0 Å². The van der Waals surface area contributed by atoms with E-state index in [-0.39, 0.29) is 5.91 Å². The Labute approximate surface area is 126 Å². The maximum Gasteiger partial charge on any atom is 0.251 e. The molecule has 5 heteroatoms. The van der Waals surface area contributed by atoms with Gasteiger partial charge in [0.15, 0.2) is 0 Å². The minimum absolute atomic E-state index is 0.0356. The van der Waals surface area contributed by atoms with Crippen LogP contribution in [0.15, 0.2) is 29.2 Å². The van der Waals surface area contributed by atoms with Gasteiger partial charge in [-0.15, -0.1) is 0 Å². The van der Waals surface area contributed by atoms with Crippen molar-refractivity contribution in [1.82, 2.24) is 10.2 Å². The van der Waals surface area contributed by atoms with Crippen LogP contribution in [0.25, 0.3) is 0 Å². The Balaban J connectivity index is 2.39. The molecule has 1 amide bonds. The van der Waals surface area contributed by atoms with Gasteiger partial charge >= 0.3 is 0 Å². The van der Waals surface area contributed by atoms with Crippen molar-refractivity contribution in [3.8, 4) is 0 Å². The van der Waals surface area contributed by atoms with Crippen molar-refractivity contribution >= 4 is 17.9 Å². The van der Waals surface area contributed by atoms with E-state index >= 15 is 0 Å². The molecule has 0 bridgehead atoms. The van der Waals surface area contributed by atoms with Gasteiger partial charge in [-0.25, -0.2) is 0 Å². The van der Waals surface area contributed by atoms with Crippen LogP contribution in [0.3, 0.4) is 0 Å². The molecule has 0 aromatic heterocycles. The van der Waals surface area contributed by atoms with Crippen LogP contribution in [-0.4, -0.2) is 44.6 Å². The van der Waals surface area contributed by atoms with E-state index in [2.05, 4.69) is 19.2 Å². The first kappa shape index (κ1) is 17.0. The Bertz CT molecular complexity index is 405. The van der Waals surface area contributed by atoms with Gasteiger partial charge in [0.1, 0.15) is 0 Å². The van der Waals surface area contributed by atoms with Crippen molar-refractivity contribution in [2.75, 3.05) is 33.8 Å². The predicted molar refractivity (Wildman–Crippen MR) is 84.0 cm³/mol. The molecule has 4 nitrogen and oxygen atoms in total. The molecule has 0 spiro atoms. The fourth-order valence-electron chi connectivity index (χ4n) is 1.40. The Morgan fingerprint density at radius 1 is 1.30 bits per heavy atom. The summed E-state index contributed by atoms with van der Waals surface area (Å²) >= 11 is 1.35. The second kappa shape index (κ2) is 9.00. The molecule has 0 heterocycles. The molecule has 0 aliphatic rings. The Hall–Kier alpha value is -1.04. The standard InChI is InChI=1S/C15H24N2O2S/c1-12(2)11-19-20-14-7-5-13(6-8-14)15(18)16-9-10-17(3)4/h5-8,12H,9-11H2,1-4H3,(H,16,18). The van der Waals surface area contributed by atoms with Gasteiger partial charge in [0.05, 0.1) is 6.61 Å². The molecule has 1 aromatic rings. The third-order valence-electron chi connectivity index (χ3n) is 2.52. The van der Waals surface area contributed by atoms with Crippen LogP contribution in [0.1, 0.15) is 24.2 Å². The highest BCUT2D eigenvalue weighted by atomic mass is 32.2. The fourth-order valence-corrected chi connectivity index (χ4v) is 2.12. The molecule has 0 atom stereocenters. The number of nitrogens with zero attached hydrogens (tertiary/aromatic N) is 1. The molecule has 0 saturated heterocycles. The first-order valence-electron chi connectivity index (χ1n) is 6.81. The Morgan fingerprint density at radius 3 is 2.50 bits per heavy atom. The summed E-state index contributed by atoms with van der Waals surface area (Å²) in [6.45, 7) is 6.43. The molecule has 0 radical (unpaired) electrons. The summed E-state index contributed by atoms with van der Waals surface area (Å²) in [4.78, 5) is 14.9. The number of likely N-dealkylation sites (N-methyl/N-ethyl adjacent to an activating group) is 1. The van der Waals surface area contributed by atoms with Gasteiger partial charge in [0, 0.05) is 35.6 Å². The van der Waals surface area contributed by atoms with Crippen LogP contribution in [-0.2, 0) is 4.18 Å². The smallest absolute Gasteiger partial charge is 0.251 e. The summed E-state index contributed by atoms with van der Waals surface area (Å²) in [7, 11) is 3.96. The van der Waals surface area contributed by atoms with Gasteiger partial charge < -0.3 is 14.4 Å². The molecule has 0 unspecified atom stereocenters. The second-order valence-electron chi connectivity index (χ2n) is 5.35. The molecule has 0 aliphatic heterocycles. The van der Waals surface area contributed by atoms with E-state index in [1.165, 1.54) is 12.0 Å².